The van der Waals surface area contributed by atoms with Crippen molar-refractivity contribution in [3.8, 4) is 11.5 Å². The molecule has 0 aliphatic heterocycles. The molecule has 0 radical (unpaired) electrons. The van der Waals surface area contributed by atoms with Crippen LogP contribution in [0.2, 0.25) is 0 Å². The van der Waals surface area contributed by atoms with Crippen LogP contribution in [0.15, 0.2) is 72.8 Å². The summed E-state index contributed by atoms with van der Waals surface area (Å²) in [5.74, 6) is 0.350. The molecule has 34 heavy (non-hydrogen) atoms. The molecule has 0 fully saturated rings. The monoisotopic (exact) mass is 486 g/mol. The van der Waals surface area contributed by atoms with E-state index in [1.807, 2.05) is 31.2 Å². The molecule has 0 saturated heterocycles. The lowest BCUT2D eigenvalue weighted by Crippen LogP contribution is -2.31. The van der Waals surface area contributed by atoms with E-state index in [1.54, 1.807) is 43.5 Å². The summed E-state index contributed by atoms with van der Waals surface area (Å²) >= 11 is 0. The normalized spacial score (nSPS) is 12.0. The summed E-state index contributed by atoms with van der Waals surface area (Å²) in [5.41, 5.74) is 1.54. The summed E-state index contributed by atoms with van der Waals surface area (Å²) in [7, 11) is -2.07. The lowest BCUT2D eigenvalue weighted by atomic mass is 10.1. The van der Waals surface area contributed by atoms with Crippen LogP contribution in [0.1, 0.15) is 24.1 Å². The first kappa shape index (κ1) is 25.0. The quantitative estimate of drug-likeness (QED) is 0.467. The molecule has 9 heteroatoms. The summed E-state index contributed by atoms with van der Waals surface area (Å²) in [4.78, 5) is 12.3. The maximum atomic E-state index is 14.0. The summed E-state index contributed by atoms with van der Waals surface area (Å²) in [5, 5.41) is 2.86. The van der Waals surface area contributed by atoms with E-state index in [-0.39, 0.29) is 30.7 Å². The number of nitrogens with one attached hydrogen (secondary N) is 1. The molecule has 180 valence electrons. The highest BCUT2D eigenvalue weighted by Crippen LogP contribution is 2.24. The Morgan fingerprint density at radius 2 is 1.62 bits per heavy atom. The fourth-order valence-electron chi connectivity index (χ4n) is 3.30. The number of rotatable bonds is 10. The number of nitrogens with zero attached hydrogens (tertiary/aromatic N) is 1. The Bertz CT molecular complexity index is 1210. The van der Waals surface area contributed by atoms with Crippen molar-refractivity contribution < 1.29 is 27.1 Å². The zero-order valence-electron chi connectivity index (χ0n) is 19.2. The van der Waals surface area contributed by atoms with Crippen molar-refractivity contribution in [2.45, 2.75) is 19.5 Å². The van der Waals surface area contributed by atoms with Crippen molar-refractivity contribution >= 4 is 21.6 Å². The lowest BCUT2D eigenvalue weighted by Gasteiger charge is -2.23. The van der Waals surface area contributed by atoms with Crippen LogP contribution < -0.4 is 19.1 Å². The number of anilines is 1. The lowest BCUT2D eigenvalue weighted by molar-refractivity contribution is -0.123. The van der Waals surface area contributed by atoms with E-state index in [1.165, 1.54) is 12.1 Å². The predicted octanol–water partition coefficient (Wildman–Crippen LogP) is 4.06. The summed E-state index contributed by atoms with van der Waals surface area (Å²) in [6.45, 7) is 1.52. The number of halogens is 1. The van der Waals surface area contributed by atoms with Gasteiger partial charge in [-0.25, -0.2) is 12.8 Å². The molecule has 0 heterocycles. The van der Waals surface area contributed by atoms with Crippen molar-refractivity contribution in [1.29, 1.82) is 0 Å². The molecule has 0 bridgehead atoms. The molecular weight excluding hydrogens is 459 g/mol. The first-order chi connectivity index (χ1) is 16.2. The first-order valence-electron chi connectivity index (χ1n) is 10.5. The minimum atomic E-state index is -3.66. The average Bonchev–Trinajstić information content (AvgIpc) is 2.82. The third-order valence-electron chi connectivity index (χ3n) is 5.16. The molecule has 0 saturated carbocycles. The summed E-state index contributed by atoms with van der Waals surface area (Å²) in [6, 6.07) is 19.4. The van der Waals surface area contributed by atoms with Gasteiger partial charge in [-0.3, -0.25) is 9.10 Å². The number of sulfonamides is 1. The van der Waals surface area contributed by atoms with Crippen molar-refractivity contribution in [2.24, 2.45) is 0 Å². The molecule has 0 aliphatic rings. The van der Waals surface area contributed by atoms with Gasteiger partial charge in [0.2, 0.25) is 10.0 Å². The van der Waals surface area contributed by atoms with Gasteiger partial charge in [0.15, 0.2) is 6.61 Å². The number of amides is 1. The van der Waals surface area contributed by atoms with Crippen LogP contribution in [0, 0.1) is 5.82 Å². The van der Waals surface area contributed by atoms with E-state index in [4.69, 9.17) is 9.47 Å². The van der Waals surface area contributed by atoms with E-state index in [9.17, 15) is 17.6 Å². The minimum absolute atomic E-state index is 0.142. The molecule has 7 nitrogen and oxygen atoms in total. The number of hydrogen-bond donors (Lipinski definition) is 1. The van der Waals surface area contributed by atoms with E-state index in [0.29, 0.717) is 11.4 Å². The van der Waals surface area contributed by atoms with Crippen molar-refractivity contribution in [3.63, 3.8) is 0 Å². The molecular formula is C25H27FN2O5S. The van der Waals surface area contributed by atoms with Gasteiger partial charge >= 0.3 is 0 Å². The van der Waals surface area contributed by atoms with Gasteiger partial charge < -0.3 is 14.8 Å². The maximum absolute atomic E-state index is 14.0. The maximum Gasteiger partial charge on any atom is 0.258 e. The first-order valence-corrected chi connectivity index (χ1v) is 12.4. The van der Waals surface area contributed by atoms with E-state index >= 15 is 0 Å². The Kier molecular flexibility index (Phi) is 8.12. The van der Waals surface area contributed by atoms with Gasteiger partial charge in [-0.15, -0.1) is 0 Å². The number of carbonyl (C=O) groups excluding carboxylic acids is 1. The van der Waals surface area contributed by atoms with E-state index in [0.717, 1.165) is 21.9 Å². The number of hydrogen-bond acceptors (Lipinski definition) is 5. The van der Waals surface area contributed by atoms with Crippen molar-refractivity contribution in [3.05, 3.63) is 89.7 Å². The van der Waals surface area contributed by atoms with Crippen LogP contribution in [0.5, 0.6) is 11.5 Å². The largest absolute Gasteiger partial charge is 0.497 e. The standard InChI is InChI=1S/C25H27FN2O5S/c1-18(19-8-12-22(32-2)13-9-19)27-25(29)17-33-23-14-10-21(11-15-23)28(34(3,30)31)16-20-6-4-5-7-24(20)26/h4-15,18H,16-17H2,1-3H3,(H,27,29). The Morgan fingerprint density at radius 1 is 1.00 bits per heavy atom. The molecule has 0 aromatic heterocycles. The second kappa shape index (κ2) is 11.0. The van der Waals surface area contributed by atoms with Gasteiger partial charge in [0.05, 0.1) is 31.6 Å². The molecule has 0 aliphatic carbocycles. The average molecular weight is 487 g/mol. The van der Waals surface area contributed by atoms with Crippen LogP contribution in [0.4, 0.5) is 10.1 Å². The predicted molar refractivity (Wildman–Crippen MR) is 129 cm³/mol. The molecule has 3 aromatic rings. The highest BCUT2D eigenvalue weighted by Gasteiger charge is 2.19. The second-order valence-electron chi connectivity index (χ2n) is 7.71. The molecule has 1 atom stereocenters. The molecule has 1 amide bonds. The Hall–Kier alpha value is -3.59. The number of methoxy groups -OCH3 is 1. The van der Waals surface area contributed by atoms with Crippen LogP contribution in [0.3, 0.4) is 0 Å². The molecule has 1 N–H and O–H groups in total. The zero-order valence-corrected chi connectivity index (χ0v) is 20.0. The Morgan fingerprint density at radius 3 is 2.21 bits per heavy atom. The van der Waals surface area contributed by atoms with Crippen LogP contribution in [0.25, 0.3) is 0 Å². The molecule has 1 unspecified atom stereocenters. The summed E-state index contributed by atoms with van der Waals surface area (Å²) < 4.78 is 50.5. The molecule has 3 rings (SSSR count). The fourth-order valence-corrected chi connectivity index (χ4v) is 4.18. The zero-order chi connectivity index (χ0) is 24.7. The third kappa shape index (κ3) is 6.71. The molecule has 3 aromatic carbocycles. The van der Waals surface area contributed by atoms with E-state index in [2.05, 4.69) is 5.32 Å². The topological polar surface area (TPSA) is 84.9 Å². The molecule has 0 spiro atoms. The minimum Gasteiger partial charge on any atom is -0.497 e. The summed E-state index contributed by atoms with van der Waals surface area (Å²) in [6.07, 6.45) is 1.06. The smallest absolute Gasteiger partial charge is 0.258 e. The van der Waals surface area contributed by atoms with Gasteiger partial charge in [0.25, 0.3) is 5.91 Å². The van der Waals surface area contributed by atoms with Gasteiger partial charge in [0.1, 0.15) is 17.3 Å². The number of benzene rings is 3. The van der Waals surface area contributed by atoms with Crippen LogP contribution in [-0.4, -0.2) is 34.3 Å². The Labute approximate surface area is 199 Å². The Balaban J connectivity index is 1.60. The fraction of sp³-hybridized carbons (Fsp3) is 0.240. The highest BCUT2D eigenvalue weighted by molar-refractivity contribution is 7.92. The third-order valence-corrected chi connectivity index (χ3v) is 6.30. The van der Waals surface area contributed by atoms with Crippen molar-refractivity contribution in [1.82, 2.24) is 5.32 Å². The van der Waals surface area contributed by atoms with Gasteiger partial charge in [0, 0.05) is 5.56 Å². The van der Waals surface area contributed by atoms with Crippen LogP contribution in [-0.2, 0) is 21.4 Å². The SMILES string of the molecule is COc1ccc(C(C)NC(=O)COc2ccc(N(Cc3ccccc3F)S(C)(=O)=O)cc2)cc1. The van der Waals surface area contributed by atoms with E-state index < -0.39 is 15.8 Å². The number of ether oxygens (including phenoxy) is 2. The highest BCUT2D eigenvalue weighted by atomic mass is 32.2. The second-order valence-corrected chi connectivity index (χ2v) is 9.61. The van der Waals surface area contributed by atoms with Crippen LogP contribution >= 0.6 is 0 Å². The van der Waals surface area contributed by atoms with Crippen molar-refractivity contribution in [2.75, 3.05) is 24.3 Å². The van der Waals surface area contributed by atoms with Gasteiger partial charge in [-0.1, -0.05) is 30.3 Å². The van der Waals surface area contributed by atoms with Gasteiger partial charge in [-0.05, 0) is 55.0 Å². The number of carbonyl (C=O) groups is 1. The van der Waals surface area contributed by atoms with Gasteiger partial charge in [-0.2, -0.15) is 0 Å².